The zero-order valence-electron chi connectivity index (χ0n) is 18.2. The third-order valence-corrected chi connectivity index (χ3v) is 7.26. The van der Waals surface area contributed by atoms with Crippen molar-refractivity contribution in [2.45, 2.75) is 25.2 Å². The van der Waals surface area contributed by atoms with Crippen molar-refractivity contribution in [1.82, 2.24) is 4.31 Å². The largest absolute Gasteiger partial charge is 0.465 e. The lowest BCUT2D eigenvalue weighted by molar-refractivity contribution is -0.120. The molecule has 0 fully saturated rings. The Balaban J connectivity index is 2.00. The van der Waals surface area contributed by atoms with E-state index in [4.69, 9.17) is 0 Å². The number of amides is 1. The van der Waals surface area contributed by atoms with Crippen LogP contribution in [0.1, 0.15) is 27.9 Å². The molecule has 2 aromatic rings. The first kappa shape index (κ1) is 23.8. The molecule has 1 aliphatic rings. The Bertz CT molecular complexity index is 1270. The third kappa shape index (κ3) is 4.79. The minimum Gasteiger partial charge on any atom is -0.465 e. The number of rotatable bonds is 8. The van der Waals surface area contributed by atoms with Crippen molar-refractivity contribution in [2.24, 2.45) is 10.9 Å². The Morgan fingerprint density at radius 2 is 1.91 bits per heavy atom. The van der Waals surface area contributed by atoms with Crippen molar-refractivity contribution < 1.29 is 27.9 Å². The summed E-state index contributed by atoms with van der Waals surface area (Å²) in [4.78, 5) is 28.7. The number of ether oxygens (including phenoxy) is 1. The van der Waals surface area contributed by atoms with Gasteiger partial charge < -0.3 is 9.84 Å². The number of sulfonamides is 1. The van der Waals surface area contributed by atoms with Gasteiger partial charge in [-0.25, -0.2) is 18.2 Å². The van der Waals surface area contributed by atoms with Gasteiger partial charge in [0.1, 0.15) is 0 Å². The molecule has 3 rings (SSSR count). The van der Waals surface area contributed by atoms with E-state index >= 15 is 0 Å². The minimum absolute atomic E-state index is 0.0125. The number of hydrogen-bond donors (Lipinski definition) is 1. The smallest absolute Gasteiger partial charge is 0.337 e. The number of nitrogens with zero attached hydrogens (tertiary/aromatic N) is 2. The van der Waals surface area contributed by atoms with E-state index in [1.807, 2.05) is 26.0 Å². The zero-order chi connectivity index (χ0) is 23.5. The molecule has 0 spiro atoms. The Labute approximate surface area is 186 Å². The number of aryl methyl sites for hydroxylation is 2. The lowest BCUT2D eigenvalue weighted by Gasteiger charge is -2.25. The van der Waals surface area contributed by atoms with Crippen LogP contribution in [0.15, 0.2) is 46.3 Å². The Morgan fingerprint density at radius 1 is 1.19 bits per heavy atom. The molecular weight excluding hydrogens is 432 g/mol. The summed E-state index contributed by atoms with van der Waals surface area (Å²) in [5, 5.41) is 10.7. The molecule has 0 aliphatic carbocycles. The predicted molar refractivity (Wildman–Crippen MR) is 118 cm³/mol. The van der Waals surface area contributed by atoms with Crippen LogP contribution < -0.4 is 10.6 Å². The van der Waals surface area contributed by atoms with Gasteiger partial charge in [0.2, 0.25) is 10.0 Å². The van der Waals surface area contributed by atoms with Gasteiger partial charge in [-0.3, -0.25) is 4.79 Å². The van der Waals surface area contributed by atoms with Crippen molar-refractivity contribution in [1.29, 1.82) is 0 Å². The molecule has 1 aliphatic heterocycles. The molecular formula is C23H26N2O6S. The third-order valence-electron chi connectivity index (χ3n) is 5.40. The van der Waals surface area contributed by atoms with E-state index in [1.165, 1.54) is 31.4 Å². The van der Waals surface area contributed by atoms with Crippen molar-refractivity contribution in [2.75, 3.05) is 26.8 Å². The van der Waals surface area contributed by atoms with Crippen molar-refractivity contribution in [3.63, 3.8) is 0 Å². The van der Waals surface area contributed by atoms with E-state index < -0.39 is 27.8 Å². The molecule has 2 aromatic carbocycles. The molecule has 1 heterocycles. The molecule has 1 N–H and O–H groups in total. The number of carbonyl (C=O) groups is 2. The van der Waals surface area contributed by atoms with Crippen LogP contribution in [-0.4, -0.2) is 56.5 Å². The van der Waals surface area contributed by atoms with Gasteiger partial charge in [-0.15, -0.1) is 0 Å². The van der Waals surface area contributed by atoms with E-state index in [-0.39, 0.29) is 36.6 Å². The molecule has 1 unspecified atom stereocenters. The summed E-state index contributed by atoms with van der Waals surface area (Å²) in [6.07, 6.45) is 1.96. The summed E-state index contributed by atoms with van der Waals surface area (Å²) < 4.78 is 32.6. The van der Waals surface area contributed by atoms with Gasteiger partial charge in [-0.05, 0) is 49.6 Å². The molecule has 0 radical (unpaired) electrons. The van der Waals surface area contributed by atoms with Crippen molar-refractivity contribution >= 4 is 28.0 Å². The van der Waals surface area contributed by atoms with Crippen LogP contribution in [0.5, 0.6) is 0 Å². The summed E-state index contributed by atoms with van der Waals surface area (Å²) in [5.41, 5.74) is 1.92. The second kappa shape index (κ2) is 9.72. The average Bonchev–Trinajstić information content (AvgIpc) is 2.79. The molecule has 0 aromatic heterocycles. The molecule has 0 saturated heterocycles. The van der Waals surface area contributed by atoms with E-state index in [0.717, 1.165) is 20.7 Å². The van der Waals surface area contributed by atoms with Crippen LogP contribution >= 0.6 is 0 Å². The topological polar surface area (TPSA) is 113 Å². The number of aliphatic hydroxyl groups excluding tert-OH is 1. The highest BCUT2D eigenvalue weighted by atomic mass is 32.2. The fraction of sp³-hybridized carbons (Fsp3) is 0.348. The van der Waals surface area contributed by atoms with Gasteiger partial charge in [-0.1, -0.05) is 24.3 Å². The molecule has 8 nitrogen and oxygen atoms in total. The second-order valence-electron chi connectivity index (χ2n) is 7.64. The lowest BCUT2D eigenvalue weighted by atomic mass is 9.99. The predicted octanol–water partition coefficient (Wildman–Crippen LogP) is 0.720. The normalized spacial score (nSPS) is 15.7. The van der Waals surface area contributed by atoms with E-state index in [9.17, 15) is 23.1 Å². The zero-order valence-corrected chi connectivity index (χ0v) is 19.1. The first-order valence-corrected chi connectivity index (χ1v) is 11.6. The number of fused-ring (bicyclic) bond motifs is 1. The summed E-state index contributed by atoms with van der Waals surface area (Å²) in [5.74, 6) is -1.83. The standard InChI is InChI=1S/C23H26N2O6S/c1-15-8-9-16(2)21-20(15)13-18(22(27)24-21)14-25(10-5-11-26)32(29,30)19-7-4-6-17(12-19)23(28)31-3/h4,6-9,12-13,18,26H,5,10-11,14H2,1-3H3. The van der Waals surface area contributed by atoms with Crippen molar-refractivity contribution in [3.8, 4) is 0 Å². The maximum absolute atomic E-state index is 13.4. The second-order valence-corrected chi connectivity index (χ2v) is 9.58. The summed E-state index contributed by atoms with van der Waals surface area (Å²) >= 11 is 0. The van der Waals surface area contributed by atoms with Gasteiger partial charge in [0.05, 0.1) is 28.8 Å². The summed E-state index contributed by atoms with van der Waals surface area (Å²) in [6, 6.07) is 9.37. The van der Waals surface area contributed by atoms with Crippen LogP contribution in [0.3, 0.4) is 0 Å². The molecule has 0 bridgehead atoms. The van der Waals surface area contributed by atoms with E-state index in [2.05, 4.69) is 9.73 Å². The number of benzene rings is 2. The highest BCUT2D eigenvalue weighted by molar-refractivity contribution is 7.89. The summed E-state index contributed by atoms with van der Waals surface area (Å²) in [6.45, 7) is 3.46. The Morgan fingerprint density at radius 3 is 2.59 bits per heavy atom. The van der Waals surface area contributed by atoms with Crippen LogP contribution in [0.2, 0.25) is 0 Å². The van der Waals surface area contributed by atoms with Gasteiger partial charge in [0, 0.05) is 24.9 Å². The van der Waals surface area contributed by atoms with Gasteiger partial charge in [0.25, 0.3) is 5.91 Å². The number of aliphatic hydroxyl groups is 1. The highest BCUT2D eigenvalue weighted by Crippen LogP contribution is 2.21. The number of hydrogen-bond acceptors (Lipinski definition) is 6. The Hall–Kier alpha value is -2.88. The minimum atomic E-state index is -4.06. The van der Waals surface area contributed by atoms with Crippen LogP contribution in [0.25, 0.3) is 6.08 Å². The van der Waals surface area contributed by atoms with Crippen LogP contribution in [0.4, 0.5) is 0 Å². The molecule has 32 heavy (non-hydrogen) atoms. The first-order chi connectivity index (χ1) is 15.2. The molecule has 1 amide bonds. The monoisotopic (exact) mass is 458 g/mol. The number of esters is 1. The SMILES string of the molecule is COC(=O)c1cccc(S(=O)(=O)N(CCCO)CC2C=c3c(C)ccc(C)c3=NC2=O)c1. The number of carbonyl (C=O) groups excluding carboxylic acids is 2. The molecule has 170 valence electrons. The fourth-order valence-corrected chi connectivity index (χ4v) is 5.15. The summed E-state index contributed by atoms with van der Waals surface area (Å²) in [7, 11) is -2.84. The van der Waals surface area contributed by atoms with E-state index in [0.29, 0.717) is 5.36 Å². The quantitative estimate of drug-likeness (QED) is 0.583. The average molecular weight is 459 g/mol. The van der Waals surface area contributed by atoms with Gasteiger partial charge in [-0.2, -0.15) is 4.31 Å². The number of methoxy groups -OCH3 is 1. The fourth-order valence-electron chi connectivity index (χ4n) is 3.60. The lowest BCUT2D eigenvalue weighted by Crippen LogP contribution is -2.43. The highest BCUT2D eigenvalue weighted by Gasteiger charge is 2.30. The van der Waals surface area contributed by atoms with Gasteiger partial charge in [0.15, 0.2) is 0 Å². The Kier molecular flexibility index (Phi) is 7.22. The van der Waals surface area contributed by atoms with Crippen LogP contribution in [0, 0.1) is 19.8 Å². The molecule has 1 atom stereocenters. The van der Waals surface area contributed by atoms with Gasteiger partial charge >= 0.3 is 5.97 Å². The maximum atomic E-state index is 13.4. The van der Waals surface area contributed by atoms with E-state index in [1.54, 1.807) is 6.08 Å². The first-order valence-electron chi connectivity index (χ1n) is 10.2. The van der Waals surface area contributed by atoms with Crippen molar-refractivity contribution in [3.05, 3.63) is 63.7 Å². The molecule has 0 saturated carbocycles. The maximum Gasteiger partial charge on any atom is 0.337 e. The molecule has 9 heteroatoms. The van der Waals surface area contributed by atoms with Crippen LogP contribution in [-0.2, 0) is 19.6 Å².